The lowest BCUT2D eigenvalue weighted by atomic mass is 10.3. The second-order valence-electron chi connectivity index (χ2n) is 4.58. The molecule has 0 radical (unpaired) electrons. The van der Waals surface area contributed by atoms with E-state index in [-0.39, 0.29) is 5.82 Å². The van der Waals surface area contributed by atoms with E-state index in [2.05, 4.69) is 10.3 Å². The summed E-state index contributed by atoms with van der Waals surface area (Å²) >= 11 is 1.54. The van der Waals surface area contributed by atoms with Crippen LogP contribution in [0.4, 0.5) is 9.52 Å². The van der Waals surface area contributed by atoms with Crippen molar-refractivity contribution in [3.8, 4) is 0 Å². The third-order valence-electron chi connectivity index (χ3n) is 2.92. The Labute approximate surface area is 109 Å². The molecular weight excluding hydrogens is 251 g/mol. The second-order valence-corrected chi connectivity index (χ2v) is 5.61. The van der Waals surface area contributed by atoms with E-state index < -0.39 is 0 Å². The monoisotopic (exact) mass is 266 g/mol. The number of aromatic nitrogens is 1. The van der Waals surface area contributed by atoms with Crippen LogP contribution in [0.3, 0.4) is 0 Å². The Balaban J connectivity index is 1.50. The lowest BCUT2D eigenvalue weighted by Crippen LogP contribution is -2.10. The Morgan fingerprint density at radius 1 is 1.44 bits per heavy atom. The fraction of sp³-hybridized carbons (Fsp3) is 0.462. The molecule has 96 valence electrons. The lowest BCUT2D eigenvalue weighted by molar-refractivity contribution is 0.134. The summed E-state index contributed by atoms with van der Waals surface area (Å²) in [5.74, 6) is 0.558. The molecule has 0 saturated heterocycles. The Kier molecular flexibility index (Phi) is 3.43. The summed E-state index contributed by atoms with van der Waals surface area (Å²) in [4.78, 5) is 4.33. The predicted molar refractivity (Wildman–Crippen MR) is 71.6 cm³/mol. The molecule has 1 heterocycles. The molecule has 0 bridgehead atoms. The molecule has 3 nitrogen and oxygen atoms in total. The number of nitrogens with one attached hydrogen (secondary N) is 1. The first-order valence-electron chi connectivity index (χ1n) is 6.19. The average Bonchev–Trinajstić information content (AvgIpc) is 3.08. The van der Waals surface area contributed by atoms with Crippen LogP contribution in [0.1, 0.15) is 12.8 Å². The first-order chi connectivity index (χ1) is 8.81. The fourth-order valence-electron chi connectivity index (χ4n) is 1.74. The summed E-state index contributed by atoms with van der Waals surface area (Å²) < 4.78 is 19.5. The van der Waals surface area contributed by atoms with Gasteiger partial charge in [0, 0.05) is 19.2 Å². The van der Waals surface area contributed by atoms with E-state index in [4.69, 9.17) is 4.74 Å². The van der Waals surface area contributed by atoms with Crippen LogP contribution in [0.5, 0.6) is 0 Å². The van der Waals surface area contributed by atoms with Gasteiger partial charge in [0.05, 0.1) is 16.8 Å². The van der Waals surface area contributed by atoms with Crippen molar-refractivity contribution in [2.24, 2.45) is 5.92 Å². The zero-order chi connectivity index (χ0) is 12.4. The molecule has 5 heteroatoms. The van der Waals surface area contributed by atoms with E-state index in [1.54, 1.807) is 6.07 Å². The van der Waals surface area contributed by atoms with Crippen LogP contribution >= 0.6 is 11.3 Å². The number of rotatable bonds is 6. The van der Waals surface area contributed by atoms with Crippen molar-refractivity contribution < 1.29 is 9.13 Å². The van der Waals surface area contributed by atoms with Gasteiger partial charge in [0.1, 0.15) is 5.82 Å². The van der Waals surface area contributed by atoms with E-state index >= 15 is 0 Å². The molecule has 3 rings (SSSR count). The highest BCUT2D eigenvalue weighted by atomic mass is 32.1. The van der Waals surface area contributed by atoms with Crippen LogP contribution < -0.4 is 5.32 Å². The fourth-order valence-corrected chi connectivity index (χ4v) is 2.61. The maximum absolute atomic E-state index is 13.0. The maximum atomic E-state index is 13.0. The number of nitrogens with zero attached hydrogens (tertiary/aromatic N) is 1. The quantitative estimate of drug-likeness (QED) is 0.815. The summed E-state index contributed by atoms with van der Waals surface area (Å²) in [7, 11) is 0. The SMILES string of the molecule is Fc1ccc2sc(NCCOCC3CC3)nc2c1. The summed E-state index contributed by atoms with van der Waals surface area (Å²) in [5.41, 5.74) is 0.710. The van der Waals surface area contributed by atoms with Crippen LogP contribution in [-0.4, -0.2) is 24.7 Å². The molecule has 18 heavy (non-hydrogen) atoms. The van der Waals surface area contributed by atoms with Crippen molar-refractivity contribution >= 4 is 26.7 Å². The van der Waals surface area contributed by atoms with Crippen LogP contribution in [0.25, 0.3) is 10.2 Å². The summed E-state index contributed by atoms with van der Waals surface area (Å²) in [5, 5.41) is 4.03. The molecule has 1 fully saturated rings. The largest absolute Gasteiger partial charge is 0.379 e. The van der Waals surface area contributed by atoms with Gasteiger partial charge in [0.25, 0.3) is 0 Å². The number of hydrogen-bond donors (Lipinski definition) is 1. The van der Waals surface area contributed by atoms with Gasteiger partial charge in [0.15, 0.2) is 5.13 Å². The van der Waals surface area contributed by atoms with E-state index in [1.807, 2.05) is 0 Å². The minimum atomic E-state index is -0.243. The van der Waals surface area contributed by atoms with Crippen LogP contribution in [0.2, 0.25) is 0 Å². The second kappa shape index (κ2) is 5.20. The van der Waals surface area contributed by atoms with Crippen molar-refractivity contribution in [3.63, 3.8) is 0 Å². The van der Waals surface area contributed by atoms with E-state index in [1.165, 1.54) is 36.3 Å². The summed E-state index contributed by atoms with van der Waals surface area (Å²) in [6, 6.07) is 4.68. The highest BCUT2D eigenvalue weighted by Gasteiger charge is 2.20. The van der Waals surface area contributed by atoms with Crippen LogP contribution in [0.15, 0.2) is 18.2 Å². The molecule has 0 unspecified atom stereocenters. The number of hydrogen-bond acceptors (Lipinski definition) is 4. The number of fused-ring (bicyclic) bond motifs is 1. The molecule has 0 aliphatic heterocycles. The number of benzene rings is 1. The Hall–Kier alpha value is -1.20. The minimum absolute atomic E-state index is 0.243. The molecule has 1 saturated carbocycles. The molecular formula is C13H15FN2OS. The van der Waals surface area contributed by atoms with Crippen molar-refractivity contribution in [3.05, 3.63) is 24.0 Å². The maximum Gasteiger partial charge on any atom is 0.183 e. The molecule has 0 spiro atoms. The van der Waals surface area contributed by atoms with E-state index in [0.717, 1.165) is 28.9 Å². The van der Waals surface area contributed by atoms with Gasteiger partial charge in [-0.05, 0) is 30.9 Å². The van der Waals surface area contributed by atoms with Gasteiger partial charge in [0.2, 0.25) is 0 Å². The first kappa shape index (κ1) is 11.9. The molecule has 1 aromatic carbocycles. The smallest absolute Gasteiger partial charge is 0.183 e. The minimum Gasteiger partial charge on any atom is -0.379 e. The van der Waals surface area contributed by atoms with Crippen molar-refractivity contribution in [2.75, 3.05) is 25.1 Å². The predicted octanol–water partition coefficient (Wildman–Crippen LogP) is 3.27. The normalized spacial score (nSPS) is 15.2. The number of ether oxygens (including phenoxy) is 1. The molecule has 1 aliphatic rings. The third kappa shape index (κ3) is 2.97. The Morgan fingerprint density at radius 2 is 2.33 bits per heavy atom. The van der Waals surface area contributed by atoms with Gasteiger partial charge in [-0.2, -0.15) is 0 Å². The summed E-state index contributed by atoms with van der Waals surface area (Å²) in [6.07, 6.45) is 2.63. The first-order valence-corrected chi connectivity index (χ1v) is 7.00. The third-order valence-corrected chi connectivity index (χ3v) is 3.92. The van der Waals surface area contributed by atoms with E-state index in [9.17, 15) is 4.39 Å². The number of thiazole rings is 1. The van der Waals surface area contributed by atoms with Crippen molar-refractivity contribution in [1.82, 2.24) is 4.98 Å². The van der Waals surface area contributed by atoms with Gasteiger partial charge in [-0.3, -0.25) is 0 Å². The van der Waals surface area contributed by atoms with Gasteiger partial charge >= 0.3 is 0 Å². The van der Waals surface area contributed by atoms with Crippen LogP contribution in [0, 0.1) is 11.7 Å². The zero-order valence-electron chi connectivity index (χ0n) is 9.99. The highest BCUT2D eigenvalue weighted by Crippen LogP contribution is 2.29. The Morgan fingerprint density at radius 3 is 3.17 bits per heavy atom. The van der Waals surface area contributed by atoms with Gasteiger partial charge in [-0.15, -0.1) is 0 Å². The van der Waals surface area contributed by atoms with Crippen LogP contribution in [-0.2, 0) is 4.74 Å². The molecule has 0 amide bonds. The molecule has 1 N–H and O–H groups in total. The van der Waals surface area contributed by atoms with E-state index in [0.29, 0.717) is 12.1 Å². The molecule has 1 aliphatic carbocycles. The Bertz CT molecular complexity index is 539. The standard InChI is InChI=1S/C13H15FN2OS/c14-10-3-4-12-11(7-10)16-13(18-12)15-5-6-17-8-9-1-2-9/h3-4,7,9H,1-2,5-6,8H2,(H,15,16). The number of anilines is 1. The van der Waals surface area contributed by atoms with Gasteiger partial charge < -0.3 is 10.1 Å². The average molecular weight is 266 g/mol. The molecule has 1 aromatic heterocycles. The van der Waals surface area contributed by atoms with Crippen molar-refractivity contribution in [2.45, 2.75) is 12.8 Å². The highest BCUT2D eigenvalue weighted by molar-refractivity contribution is 7.22. The van der Waals surface area contributed by atoms with Gasteiger partial charge in [-0.1, -0.05) is 11.3 Å². The number of halogens is 1. The molecule has 0 atom stereocenters. The molecule has 2 aromatic rings. The zero-order valence-corrected chi connectivity index (χ0v) is 10.8. The van der Waals surface area contributed by atoms with Crippen molar-refractivity contribution in [1.29, 1.82) is 0 Å². The van der Waals surface area contributed by atoms with Gasteiger partial charge in [-0.25, -0.2) is 9.37 Å². The lowest BCUT2D eigenvalue weighted by Gasteiger charge is -2.03. The summed E-state index contributed by atoms with van der Waals surface area (Å²) in [6.45, 7) is 2.32. The topological polar surface area (TPSA) is 34.1 Å².